The van der Waals surface area contributed by atoms with Gasteiger partial charge in [0.05, 0.1) is 5.56 Å². The number of aryl methyl sites for hydroxylation is 17. The Hall–Kier alpha value is -7.95. The van der Waals surface area contributed by atoms with Crippen LogP contribution in [0, 0.1) is 166 Å². The molecular formula is C80H98O4. The van der Waals surface area contributed by atoms with Crippen molar-refractivity contribution in [2.45, 2.75) is 173 Å². The molecule has 9 aromatic carbocycles. The molecule has 0 aliphatic carbocycles. The van der Waals surface area contributed by atoms with Gasteiger partial charge in [-0.3, -0.25) is 0 Å². The normalized spacial score (nSPS) is 10.4. The molecule has 0 saturated heterocycles. The molecule has 0 unspecified atom stereocenters. The molecule has 0 radical (unpaired) electrons. The summed E-state index contributed by atoms with van der Waals surface area (Å²) in [5.41, 5.74) is 39.3. The van der Waals surface area contributed by atoms with Crippen molar-refractivity contribution in [1.29, 1.82) is 0 Å². The van der Waals surface area contributed by atoms with Gasteiger partial charge in [0.15, 0.2) is 0 Å². The minimum Gasteiger partial charge on any atom is -0.508 e. The van der Waals surface area contributed by atoms with E-state index >= 15 is 0 Å². The zero-order valence-corrected chi connectivity index (χ0v) is 55.6. The molecule has 0 aromatic heterocycles. The van der Waals surface area contributed by atoms with Crippen LogP contribution in [-0.4, -0.2) is 21.3 Å². The number of hydrogen-bond acceptors (Lipinski definition) is 3. The molecule has 0 heterocycles. The van der Waals surface area contributed by atoms with Gasteiger partial charge < -0.3 is 15.3 Å². The van der Waals surface area contributed by atoms with E-state index in [0.717, 1.165) is 39.8 Å². The number of aromatic hydroxyl groups is 2. The molecule has 4 nitrogen and oxygen atoms in total. The summed E-state index contributed by atoms with van der Waals surface area (Å²) < 4.78 is 0. The summed E-state index contributed by atoms with van der Waals surface area (Å²) in [6.45, 7) is 51.2. The van der Waals surface area contributed by atoms with E-state index < -0.39 is 5.97 Å². The lowest BCUT2D eigenvalue weighted by atomic mass is 9.93. The van der Waals surface area contributed by atoms with Crippen LogP contribution in [0.1, 0.15) is 155 Å². The molecule has 0 aliphatic rings. The SMILES string of the molecule is Cc1cc(-c2cc(C)c(C)c(C)c2)cc(C)c1C.Cc1cc(C)c(C)c(C)c1C.Cc1cc(C)cc(C(=O)O)c1.Cc1cc(Cc2cc(C)c(C)c(C)c2)cc(C)c1C.Cc1ccc(-c2ccc(C)c(O)c2)cc1O.Cc1ccc(C)c(C)c1. The fraction of sp³-hybridized carbons (Fsp3) is 0.312. The van der Waals surface area contributed by atoms with Crippen LogP contribution in [0.5, 0.6) is 11.5 Å². The third kappa shape index (κ3) is 19.3. The molecule has 4 heteroatoms. The monoisotopic (exact) mass is 1120 g/mol. The van der Waals surface area contributed by atoms with Crippen molar-refractivity contribution >= 4 is 5.97 Å². The number of carbonyl (C=O) groups is 1. The highest BCUT2D eigenvalue weighted by Crippen LogP contribution is 2.31. The average Bonchev–Trinajstić information content (AvgIpc) is 3.55. The summed E-state index contributed by atoms with van der Waals surface area (Å²) in [4.78, 5) is 10.5. The smallest absolute Gasteiger partial charge is 0.335 e. The zero-order chi connectivity index (χ0) is 63.2. The minimum absolute atomic E-state index is 0.276. The average molecular weight is 1120 g/mol. The first-order valence-corrected chi connectivity index (χ1v) is 29.5. The van der Waals surface area contributed by atoms with E-state index in [0.29, 0.717) is 5.56 Å². The van der Waals surface area contributed by atoms with Crippen molar-refractivity contribution in [3.63, 3.8) is 0 Å². The highest BCUT2D eigenvalue weighted by Gasteiger charge is 2.10. The Kier molecular flexibility index (Phi) is 24.9. The van der Waals surface area contributed by atoms with Crippen molar-refractivity contribution in [3.8, 4) is 33.8 Å². The number of carboxylic acid groups (broad SMARTS) is 1. The Labute approximate surface area is 507 Å². The molecule has 0 bridgehead atoms. The number of benzene rings is 9. The van der Waals surface area contributed by atoms with Crippen LogP contribution in [0.25, 0.3) is 22.3 Å². The van der Waals surface area contributed by atoms with Crippen molar-refractivity contribution in [3.05, 3.63) is 278 Å². The number of rotatable bonds is 5. The maximum atomic E-state index is 10.5. The molecule has 442 valence electrons. The molecule has 84 heavy (non-hydrogen) atoms. The quantitative estimate of drug-likeness (QED) is 0.160. The van der Waals surface area contributed by atoms with Gasteiger partial charge in [0.1, 0.15) is 11.5 Å². The molecule has 0 amide bonds. The molecule has 3 N–H and O–H groups in total. The summed E-state index contributed by atoms with van der Waals surface area (Å²) in [5, 5.41) is 27.9. The lowest BCUT2D eigenvalue weighted by Crippen LogP contribution is -1.96. The third-order valence-corrected chi connectivity index (χ3v) is 17.2. The zero-order valence-electron chi connectivity index (χ0n) is 55.6. The number of aromatic carboxylic acids is 1. The van der Waals surface area contributed by atoms with E-state index in [2.05, 4.69) is 211 Å². The Morgan fingerprint density at radius 1 is 0.262 bits per heavy atom. The molecule has 0 saturated carbocycles. The summed E-state index contributed by atoms with van der Waals surface area (Å²) in [6.07, 6.45) is 1.03. The van der Waals surface area contributed by atoms with Gasteiger partial charge in [0.2, 0.25) is 0 Å². The Morgan fingerprint density at radius 2 is 0.571 bits per heavy atom. The van der Waals surface area contributed by atoms with E-state index in [-0.39, 0.29) is 11.5 Å². The summed E-state index contributed by atoms with van der Waals surface area (Å²) in [6, 6.07) is 43.5. The summed E-state index contributed by atoms with van der Waals surface area (Å²) in [7, 11) is 0. The number of phenols is 2. The molecule has 0 fully saturated rings. The summed E-state index contributed by atoms with van der Waals surface area (Å²) in [5.74, 6) is -0.313. The lowest BCUT2D eigenvalue weighted by molar-refractivity contribution is 0.0696. The van der Waals surface area contributed by atoms with Crippen LogP contribution >= 0.6 is 0 Å². The molecular weight excluding hydrogens is 1020 g/mol. The Bertz CT molecular complexity index is 3490. The molecule has 9 aromatic rings. The van der Waals surface area contributed by atoms with Crippen LogP contribution < -0.4 is 0 Å². The van der Waals surface area contributed by atoms with E-state index in [4.69, 9.17) is 5.11 Å². The van der Waals surface area contributed by atoms with Crippen molar-refractivity contribution in [2.24, 2.45) is 0 Å². The van der Waals surface area contributed by atoms with Crippen molar-refractivity contribution < 1.29 is 20.1 Å². The minimum atomic E-state index is -0.864. The molecule has 0 spiro atoms. The van der Waals surface area contributed by atoms with E-state index in [1.165, 1.54) is 134 Å². The van der Waals surface area contributed by atoms with Crippen molar-refractivity contribution in [1.82, 2.24) is 0 Å². The lowest BCUT2D eigenvalue weighted by Gasteiger charge is -2.12. The Balaban J connectivity index is 0.000000220. The highest BCUT2D eigenvalue weighted by molar-refractivity contribution is 5.88. The van der Waals surface area contributed by atoms with Gasteiger partial charge in [0.25, 0.3) is 0 Å². The van der Waals surface area contributed by atoms with Gasteiger partial charge in [-0.15, -0.1) is 0 Å². The predicted octanol–water partition coefficient (Wildman–Crippen LogP) is 21.6. The van der Waals surface area contributed by atoms with Gasteiger partial charge in [-0.2, -0.15) is 0 Å². The third-order valence-electron chi connectivity index (χ3n) is 17.2. The maximum Gasteiger partial charge on any atom is 0.335 e. The molecule has 0 aliphatic heterocycles. The van der Waals surface area contributed by atoms with Crippen LogP contribution in [0.4, 0.5) is 0 Å². The van der Waals surface area contributed by atoms with Gasteiger partial charge in [-0.05, 0) is 347 Å². The van der Waals surface area contributed by atoms with E-state index in [9.17, 15) is 15.0 Å². The second-order valence-corrected chi connectivity index (χ2v) is 24.0. The van der Waals surface area contributed by atoms with Gasteiger partial charge >= 0.3 is 5.97 Å². The van der Waals surface area contributed by atoms with Crippen molar-refractivity contribution in [2.75, 3.05) is 0 Å². The fourth-order valence-corrected chi connectivity index (χ4v) is 10.1. The van der Waals surface area contributed by atoms with E-state index in [1.807, 2.05) is 58.0 Å². The number of phenolic OH excluding ortho intramolecular Hbond substituents is 2. The first-order chi connectivity index (χ1) is 39.2. The first kappa shape index (κ1) is 68.5. The van der Waals surface area contributed by atoms with Crippen LogP contribution in [0.3, 0.4) is 0 Å². The Morgan fingerprint density at radius 3 is 0.869 bits per heavy atom. The highest BCUT2D eigenvalue weighted by atomic mass is 16.4. The first-order valence-electron chi connectivity index (χ1n) is 29.5. The van der Waals surface area contributed by atoms with Gasteiger partial charge in [-0.1, -0.05) is 120 Å². The van der Waals surface area contributed by atoms with Crippen LogP contribution in [-0.2, 0) is 6.42 Å². The molecule has 9 rings (SSSR count). The number of carboxylic acids is 1. The molecule has 0 atom stereocenters. The second-order valence-electron chi connectivity index (χ2n) is 24.0. The number of hydrogen-bond donors (Lipinski definition) is 3. The summed E-state index contributed by atoms with van der Waals surface area (Å²) >= 11 is 0. The predicted molar refractivity (Wildman–Crippen MR) is 363 cm³/mol. The standard InChI is InChI=1S/C19H24.C18H22.C14H14O2.C11H16.C9H10O2.C9H12/c1-12-7-18(8-13(2)16(12)5)11-19-9-14(3)17(6)15(4)10-19;1-11-7-17(8-12(2)15(11)5)18-9-13(3)16(6)14(4)10-18;1-9-3-5-11(7-13(9)15)12-6-4-10(2)14(16)8-12;1-7-6-8(2)10(4)11(5)9(7)3;1-6-3-7(2)5-8(4-6)9(10)11;1-7-4-5-8(2)9(3)6-7/h7-10H,11H2,1-6H3;7-10H,1-6H3;3-8,15-16H,1-2H3;6H,1-5H3;3-5H,1-2H3,(H,10,11);4-6H,1-3H3. The topological polar surface area (TPSA) is 77.8 Å². The van der Waals surface area contributed by atoms with Crippen LogP contribution in [0.2, 0.25) is 0 Å². The van der Waals surface area contributed by atoms with E-state index in [1.54, 1.807) is 24.3 Å². The maximum absolute atomic E-state index is 10.5. The largest absolute Gasteiger partial charge is 0.508 e. The second kappa shape index (κ2) is 30.6. The fourth-order valence-electron chi connectivity index (χ4n) is 10.1. The van der Waals surface area contributed by atoms with Gasteiger partial charge in [-0.25, -0.2) is 4.79 Å². The van der Waals surface area contributed by atoms with Gasteiger partial charge in [0, 0.05) is 0 Å². The van der Waals surface area contributed by atoms with Crippen LogP contribution in [0.15, 0.2) is 127 Å².